The van der Waals surface area contributed by atoms with Gasteiger partial charge in [-0.3, -0.25) is 4.79 Å². The molecule has 1 aromatic heterocycles. The van der Waals surface area contributed by atoms with Crippen molar-refractivity contribution in [2.24, 2.45) is 5.73 Å². The lowest BCUT2D eigenvalue weighted by molar-refractivity contribution is 0.0919. The molecule has 1 aromatic rings. The van der Waals surface area contributed by atoms with Crippen LogP contribution in [-0.4, -0.2) is 41.3 Å². The van der Waals surface area contributed by atoms with Gasteiger partial charge in [0.1, 0.15) is 0 Å². The summed E-state index contributed by atoms with van der Waals surface area (Å²) in [6.07, 6.45) is 6.38. The van der Waals surface area contributed by atoms with Crippen LogP contribution in [0.1, 0.15) is 49.0 Å². The lowest BCUT2D eigenvalue weighted by Gasteiger charge is -2.27. The Hall–Kier alpha value is -1.11. The van der Waals surface area contributed by atoms with Crippen molar-refractivity contribution in [3.8, 4) is 0 Å². The van der Waals surface area contributed by atoms with E-state index in [4.69, 9.17) is 5.73 Å². The summed E-state index contributed by atoms with van der Waals surface area (Å²) in [5.74, 6) is 0.721. The van der Waals surface area contributed by atoms with Crippen molar-refractivity contribution in [2.45, 2.75) is 50.6 Å². The first kappa shape index (κ1) is 19.9. The van der Waals surface area contributed by atoms with Gasteiger partial charge in [-0.2, -0.15) is 0 Å². The van der Waals surface area contributed by atoms with Crippen molar-refractivity contribution in [3.05, 3.63) is 17.8 Å². The summed E-state index contributed by atoms with van der Waals surface area (Å²) in [5.41, 5.74) is 6.33. The fraction of sp³-hybridized carbons (Fsp3) is 0.667. The predicted molar refractivity (Wildman–Crippen MR) is 95.7 cm³/mol. The van der Waals surface area contributed by atoms with Crippen LogP contribution >= 0.6 is 24.8 Å². The Bertz CT molecular complexity index is 493. The van der Waals surface area contributed by atoms with E-state index in [1.807, 2.05) is 6.07 Å². The van der Waals surface area contributed by atoms with Gasteiger partial charge in [0, 0.05) is 25.2 Å². The van der Waals surface area contributed by atoms with Gasteiger partial charge in [0.2, 0.25) is 0 Å². The molecule has 2 aliphatic rings. The van der Waals surface area contributed by atoms with Crippen LogP contribution in [-0.2, 0) is 0 Å². The summed E-state index contributed by atoms with van der Waals surface area (Å²) < 4.78 is 0. The van der Waals surface area contributed by atoms with E-state index >= 15 is 0 Å². The molecule has 130 valence electrons. The minimum atomic E-state index is -0.144. The van der Waals surface area contributed by atoms with Crippen LogP contribution in [0.2, 0.25) is 0 Å². The second-order valence-corrected chi connectivity index (χ2v) is 6.07. The quantitative estimate of drug-likeness (QED) is 0.858. The molecule has 2 unspecified atom stereocenters. The van der Waals surface area contributed by atoms with Crippen molar-refractivity contribution in [2.75, 3.05) is 18.0 Å². The number of hydrogen-bond acceptors (Lipinski definition) is 5. The minimum absolute atomic E-state index is 0. The molecule has 8 heteroatoms. The van der Waals surface area contributed by atoms with Crippen molar-refractivity contribution < 1.29 is 4.79 Å². The summed E-state index contributed by atoms with van der Waals surface area (Å²) in [7, 11) is 0. The minimum Gasteiger partial charge on any atom is -0.355 e. The van der Waals surface area contributed by atoms with Crippen LogP contribution in [0.4, 0.5) is 5.82 Å². The van der Waals surface area contributed by atoms with Gasteiger partial charge in [0.05, 0.1) is 0 Å². The zero-order valence-electron chi connectivity index (χ0n) is 13.1. The monoisotopic (exact) mass is 361 g/mol. The number of amides is 1. The lowest BCUT2D eigenvalue weighted by atomic mass is 9.91. The van der Waals surface area contributed by atoms with Crippen molar-refractivity contribution in [3.63, 3.8) is 0 Å². The van der Waals surface area contributed by atoms with Crippen molar-refractivity contribution in [1.82, 2.24) is 15.5 Å². The molecule has 1 saturated heterocycles. The molecule has 0 aromatic carbocycles. The van der Waals surface area contributed by atoms with Crippen molar-refractivity contribution in [1.29, 1.82) is 0 Å². The molecule has 3 rings (SSSR count). The molecule has 0 radical (unpaired) electrons. The van der Waals surface area contributed by atoms with Gasteiger partial charge >= 0.3 is 0 Å². The average Bonchev–Trinajstić information content (AvgIpc) is 3.01. The molecule has 2 atom stereocenters. The SMILES string of the molecule is Cl.Cl.NC1CCCC(NC(=O)c2ccc(N3CCCC3)nn2)C1. The number of nitrogens with zero attached hydrogens (tertiary/aromatic N) is 3. The topological polar surface area (TPSA) is 84.1 Å². The zero-order valence-corrected chi connectivity index (χ0v) is 14.7. The molecule has 23 heavy (non-hydrogen) atoms. The Morgan fingerprint density at radius 2 is 1.87 bits per heavy atom. The second kappa shape index (κ2) is 9.25. The van der Waals surface area contributed by atoms with E-state index < -0.39 is 0 Å². The highest BCUT2D eigenvalue weighted by molar-refractivity contribution is 5.92. The van der Waals surface area contributed by atoms with Crippen LogP contribution in [0.15, 0.2) is 12.1 Å². The number of carbonyl (C=O) groups is 1. The first-order valence-electron chi connectivity index (χ1n) is 7.87. The molecule has 0 spiro atoms. The van der Waals surface area contributed by atoms with Gasteiger partial charge in [-0.1, -0.05) is 0 Å². The van der Waals surface area contributed by atoms with Crippen LogP contribution < -0.4 is 16.0 Å². The zero-order chi connectivity index (χ0) is 14.7. The molecular formula is C15H25Cl2N5O. The second-order valence-electron chi connectivity index (χ2n) is 6.07. The highest BCUT2D eigenvalue weighted by Crippen LogP contribution is 2.18. The number of rotatable bonds is 3. The van der Waals surface area contributed by atoms with Crippen LogP contribution in [0.5, 0.6) is 0 Å². The third kappa shape index (κ3) is 5.19. The van der Waals surface area contributed by atoms with Gasteiger partial charge in [-0.25, -0.2) is 0 Å². The summed E-state index contributed by atoms with van der Waals surface area (Å²) in [6, 6.07) is 4.02. The van der Waals surface area contributed by atoms with Gasteiger partial charge in [-0.05, 0) is 50.7 Å². The van der Waals surface area contributed by atoms with E-state index in [-0.39, 0.29) is 42.8 Å². The number of nitrogens with one attached hydrogen (secondary N) is 1. The standard InChI is InChI=1S/C15H23N5O.2ClH/c16-11-4-3-5-12(10-11)17-15(21)13-6-7-14(19-18-13)20-8-1-2-9-20;;/h6-7,11-12H,1-5,8-10,16H2,(H,17,21);2*1H. The van der Waals surface area contributed by atoms with E-state index in [9.17, 15) is 4.79 Å². The van der Waals surface area contributed by atoms with Gasteiger partial charge < -0.3 is 16.0 Å². The average molecular weight is 362 g/mol. The Morgan fingerprint density at radius 1 is 1.13 bits per heavy atom. The predicted octanol–water partition coefficient (Wildman–Crippen LogP) is 1.92. The summed E-state index contributed by atoms with van der Waals surface area (Å²) >= 11 is 0. The number of carbonyl (C=O) groups excluding carboxylic acids is 1. The van der Waals surface area contributed by atoms with Crippen molar-refractivity contribution >= 4 is 36.5 Å². The number of aromatic nitrogens is 2. The Morgan fingerprint density at radius 3 is 2.48 bits per heavy atom. The fourth-order valence-electron chi connectivity index (χ4n) is 3.18. The Labute approximate surface area is 149 Å². The smallest absolute Gasteiger partial charge is 0.272 e. The number of nitrogens with two attached hydrogens (primary N) is 1. The molecule has 1 aliphatic heterocycles. The maximum absolute atomic E-state index is 12.2. The molecule has 0 bridgehead atoms. The molecule has 1 saturated carbocycles. The maximum atomic E-state index is 12.2. The highest BCUT2D eigenvalue weighted by Gasteiger charge is 2.22. The number of hydrogen-bond donors (Lipinski definition) is 2. The van der Waals surface area contributed by atoms with Crippen LogP contribution in [0.25, 0.3) is 0 Å². The Balaban J connectivity index is 0.00000132. The molecule has 1 amide bonds. The summed E-state index contributed by atoms with van der Waals surface area (Å²) in [5, 5.41) is 11.3. The van der Waals surface area contributed by atoms with E-state index in [0.717, 1.165) is 44.6 Å². The molecular weight excluding hydrogens is 337 g/mol. The summed E-state index contributed by atoms with van der Waals surface area (Å²) in [4.78, 5) is 14.4. The van der Waals surface area contributed by atoms with Gasteiger partial charge in [-0.15, -0.1) is 35.0 Å². The number of anilines is 1. The van der Waals surface area contributed by atoms with Crippen LogP contribution in [0, 0.1) is 0 Å². The fourth-order valence-corrected chi connectivity index (χ4v) is 3.18. The molecule has 3 N–H and O–H groups in total. The normalized spacial score (nSPS) is 23.6. The first-order chi connectivity index (χ1) is 10.2. The maximum Gasteiger partial charge on any atom is 0.272 e. The van der Waals surface area contributed by atoms with E-state index in [1.54, 1.807) is 6.07 Å². The first-order valence-corrected chi connectivity index (χ1v) is 7.87. The molecule has 1 aliphatic carbocycles. The summed E-state index contributed by atoms with van der Waals surface area (Å²) in [6.45, 7) is 2.06. The van der Waals surface area contributed by atoms with Gasteiger partial charge in [0.25, 0.3) is 5.91 Å². The molecule has 2 fully saturated rings. The third-order valence-corrected chi connectivity index (χ3v) is 4.36. The molecule has 2 heterocycles. The third-order valence-electron chi connectivity index (χ3n) is 4.36. The largest absolute Gasteiger partial charge is 0.355 e. The van der Waals surface area contributed by atoms with E-state index in [1.165, 1.54) is 12.8 Å². The highest BCUT2D eigenvalue weighted by atomic mass is 35.5. The lowest BCUT2D eigenvalue weighted by Crippen LogP contribution is -2.42. The van der Waals surface area contributed by atoms with Crippen LogP contribution in [0.3, 0.4) is 0 Å². The van der Waals surface area contributed by atoms with E-state index in [0.29, 0.717) is 5.69 Å². The Kier molecular flexibility index (Phi) is 8.02. The van der Waals surface area contributed by atoms with Gasteiger partial charge in [0.15, 0.2) is 11.5 Å². The molecule has 6 nitrogen and oxygen atoms in total. The number of halogens is 2. The van der Waals surface area contributed by atoms with E-state index in [2.05, 4.69) is 20.4 Å².